The highest BCUT2D eigenvalue weighted by molar-refractivity contribution is 9.10. The summed E-state index contributed by atoms with van der Waals surface area (Å²) in [6.07, 6.45) is 0. The molecule has 3 nitrogen and oxygen atoms in total. The van der Waals surface area contributed by atoms with Gasteiger partial charge in [0.25, 0.3) is 5.69 Å². The molecule has 0 aliphatic carbocycles. The minimum Gasteiger partial charge on any atom is -0.258 e. The molecule has 0 aliphatic heterocycles. The van der Waals surface area contributed by atoms with Gasteiger partial charge >= 0.3 is 0 Å². The number of fused-ring (bicyclic) bond motifs is 1. The molecule has 0 radical (unpaired) electrons. The number of rotatable bonds is 2. The molecular formula is C16H10BrNO2. The standard InChI is InChI=1S/C16H10BrNO2/c17-16-10-9-13(14-3-1-2-4-15(14)16)11-5-7-12(8-6-11)18(19)20/h1-10H. The zero-order chi connectivity index (χ0) is 14.1. The summed E-state index contributed by atoms with van der Waals surface area (Å²) in [6, 6.07) is 18.7. The first-order chi connectivity index (χ1) is 9.66. The van der Waals surface area contributed by atoms with Crippen LogP contribution >= 0.6 is 15.9 Å². The third kappa shape index (κ3) is 2.18. The van der Waals surface area contributed by atoms with Crippen molar-refractivity contribution in [2.75, 3.05) is 0 Å². The number of hydrogen-bond acceptors (Lipinski definition) is 2. The second-order valence-electron chi connectivity index (χ2n) is 4.44. The van der Waals surface area contributed by atoms with Gasteiger partial charge in [-0.2, -0.15) is 0 Å². The Labute approximate surface area is 124 Å². The van der Waals surface area contributed by atoms with Crippen LogP contribution in [0.4, 0.5) is 5.69 Å². The molecule has 0 saturated carbocycles. The van der Waals surface area contributed by atoms with E-state index in [1.54, 1.807) is 12.1 Å². The van der Waals surface area contributed by atoms with Crippen LogP contribution in [0.2, 0.25) is 0 Å². The molecule has 4 heteroatoms. The van der Waals surface area contributed by atoms with E-state index in [9.17, 15) is 10.1 Å². The molecule has 0 aliphatic rings. The number of nitro groups is 1. The molecule has 98 valence electrons. The predicted octanol–water partition coefficient (Wildman–Crippen LogP) is 5.18. The second kappa shape index (κ2) is 5.06. The van der Waals surface area contributed by atoms with E-state index in [0.717, 1.165) is 26.4 Å². The number of halogens is 1. The maximum Gasteiger partial charge on any atom is 0.269 e. The average molecular weight is 328 g/mol. The number of hydrogen-bond donors (Lipinski definition) is 0. The predicted molar refractivity (Wildman–Crippen MR) is 83.7 cm³/mol. The summed E-state index contributed by atoms with van der Waals surface area (Å²) in [5.74, 6) is 0. The summed E-state index contributed by atoms with van der Waals surface area (Å²) < 4.78 is 1.04. The Hall–Kier alpha value is -2.20. The lowest BCUT2D eigenvalue weighted by Crippen LogP contribution is -1.88. The van der Waals surface area contributed by atoms with Crippen molar-refractivity contribution >= 4 is 32.4 Å². The van der Waals surface area contributed by atoms with Crippen molar-refractivity contribution in [2.45, 2.75) is 0 Å². The third-order valence-corrected chi connectivity index (χ3v) is 3.95. The zero-order valence-corrected chi connectivity index (χ0v) is 12.0. The monoisotopic (exact) mass is 327 g/mol. The highest BCUT2D eigenvalue weighted by Gasteiger charge is 2.08. The Morgan fingerprint density at radius 2 is 1.50 bits per heavy atom. The van der Waals surface area contributed by atoms with E-state index in [0.29, 0.717) is 0 Å². The van der Waals surface area contributed by atoms with Crippen LogP contribution in [-0.2, 0) is 0 Å². The molecule has 0 saturated heterocycles. The van der Waals surface area contributed by atoms with Crippen molar-refractivity contribution in [1.29, 1.82) is 0 Å². The molecule has 20 heavy (non-hydrogen) atoms. The van der Waals surface area contributed by atoms with E-state index in [1.165, 1.54) is 12.1 Å². The number of non-ortho nitro benzene ring substituents is 1. The van der Waals surface area contributed by atoms with Crippen LogP contribution in [-0.4, -0.2) is 4.92 Å². The third-order valence-electron chi connectivity index (χ3n) is 3.26. The van der Waals surface area contributed by atoms with E-state index >= 15 is 0 Å². The number of nitro benzene ring substituents is 1. The van der Waals surface area contributed by atoms with Crippen LogP contribution in [0.25, 0.3) is 21.9 Å². The minimum absolute atomic E-state index is 0.107. The highest BCUT2D eigenvalue weighted by atomic mass is 79.9. The summed E-state index contributed by atoms with van der Waals surface area (Å²) in [4.78, 5) is 10.3. The first kappa shape index (κ1) is 12.8. The lowest BCUT2D eigenvalue weighted by Gasteiger charge is -2.08. The van der Waals surface area contributed by atoms with Gasteiger partial charge in [-0.3, -0.25) is 10.1 Å². The molecule has 0 bridgehead atoms. The maximum absolute atomic E-state index is 10.7. The van der Waals surface area contributed by atoms with Crippen molar-refractivity contribution in [1.82, 2.24) is 0 Å². The van der Waals surface area contributed by atoms with Crippen LogP contribution in [0.1, 0.15) is 0 Å². The lowest BCUT2D eigenvalue weighted by atomic mass is 9.98. The first-order valence-corrected chi connectivity index (χ1v) is 6.88. The molecule has 3 aromatic rings. The summed E-state index contributed by atoms with van der Waals surface area (Å²) >= 11 is 3.54. The minimum atomic E-state index is -0.385. The zero-order valence-electron chi connectivity index (χ0n) is 10.4. The van der Waals surface area contributed by atoms with Crippen molar-refractivity contribution < 1.29 is 4.92 Å². The molecule has 0 aromatic heterocycles. The number of benzene rings is 3. The van der Waals surface area contributed by atoms with Gasteiger partial charge in [-0.15, -0.1) is 0 Å². The van der Waals surface area contributed by atoms with E-state index < -0.39 is 0 Å². The molecule has 0 N–H and O–H groups in total. The van der Waals surface area contributed by atoms with E-state index in [1.807, 2.05) is 30.3 Å². The molecule has 0 spiro atoms. The van der Waals surface area contributed by atoms with Crippen LogP contribution < -0.4 is 0 Å². The van der Waals surface area contributed by atoms with E-state index in [-0.39, 0.29) is 10.6 Å². The fourth-order valence-electron chi connectivity index (χ4n) is 2.28. The van der Waals surface area contributed by atoms with Crippen molar-refractivity contribution in [3.8, 4) is 11.1 Å². The van der Waals surface area contributed by atoms with Gasteiger partial charge in [0, 0.05) is 16.6 Å². The molecule has 0 fully saturated rings. The van der Waals surface area contributed by atoms with E-state index in [4.69, 9.17) is 0 Å². The van der Waals surface area contributed by atoms with Gasteiger partial charge in [-0.1, -0.05) is 46.3 Å². The van der Waals surface area contributed by atoms with Crippen LogP contribution in [0.3, 0.4) is 0 Å². The fraction of sp³-hybridized carbons (Fsp3) is 0. The molecule has 0 heterocycles. The topological polar surface area (TPSA) is 43.1 Å². The highest BCUT2D eigenvalue weighted by Crippen LogP contribution is 2.33. The smallest absolute Gasteiger partial charge is 0.258 e. The maximum atomic E-state index is 10.7. The van der Waals surface area contributed by atoms with E-state index in [2.05, 4.69) is 22.0 Å². The Morgan fingerprint density at radius 3 is 2.15 bits per heavy atom. The van der Waals surface area contributed by atoms with Gasteiger partial charge in [0.1, 0.15) is 0 Å². The molecule has 3 aromatic carbocycles. The Bertz CT molecular complexity index is 797. The van der Waals surface area contributed by atoms with Crippen LogP contribution in [0.5, 0.6) is 0 Å². The molecule has 0 atom stereocenters. The van der Waals surface area contributed by atoms with Gasteiger partial charge in [0.05, 0.1) is 4.92 Å². The van der Waals surface area contributed by atoms with Crippen molar-refractivity contribution in [3.63, 3.8) is 0 Å². The second-order valence-corrected chi connectivity index (χ2v) is 5.30. The summed E-state index contributed by atoms with van der Waals surface area (Å²) in [6.45, 7) is 0. The van der Waals surface area contributed by atoms with Gasteiger partial charge in [-0.05, 0) is 40.1 Å². The lowest BCUT2D eigenvalue weighted by molar-refractivity contribution is -0.384. The molecule has 3 rings (SSSR count). The Morgan fingerprint density at radius 1 is 0.850 bits per heavy atom. The van der Waals surface area contributed by atoms with Crippen LogP contribution in [0, 0.1) is 10.1 Å². The van der Waals surface area contributed by atoms with Gasteiger partial charge < -0.3 is 0 Å². The summed E-state index contributed by atoms with van der Waals surface area (Å²) in [5.41, 5.74) is 2.15. The Kier molecular flexibility index (Phi) is 3.24. The summed E-state index contributed by atoms with van der Waals surface area (Å²) in [7, 11) is 0. The largest absolute Gasteiger partial charge is 0.269 e. The number of nitrogens with zero attached hydrogens (tertiary/aromatic N) is 1. The molecular weight excluding hydrogens is 318 g/mol. The normalized spacial score (nSPS) is 10.7. The summed E-state index contributed by atoms with van der Waals surface area (Å²) in [5, 5.41) is 13.0. The SMILES string of the molecule is O=[N+]([O-])c1ccc(-c2ccc(Br)c3ccccc23)cc1. The van der Waals surface area contributed by atoms with Crippen molar-refractivity contribution in [3.05, 3.63) is 75.3 Å². The van der Waals surface area contributed by atoms with Crippen LogP contribution in [0.15, 0.2) is 65.1 Å². The van der Waals surface area contributed by atoms with Gasteiger partial charge in [0.2, 0.25) is 0 Å². The quantitative estimate of drug-likeness (QED) is 0.481. The molecule has 0 unspecified atom stereocenters. The van der Waals surface area contributed by atoms with Gasteiger partial charge in [-0.25, -0.2) is 0 Å². The molecule has 0 amide bonds. The van der Waals surface area contributed by atoms with Crippen molar-refractivity contribution in [2.24, 2.45) is 0 Å². The first-order valence-electron chi connectivity index (χ1n) is 6.09. The fourth-order valence-corrected chi connectivity index (χ4v) is 2.75. The average Bonchev–Trinajstić information content (AvgIpc) is 2.48. The Balaban J connectivity index is 2.19. The van der Waals surface area contributed by atoms with Gasteiger partial charge in [0.15, 0.2) is 0 Å².